The van der Waals surface area contributed by atoms with Crippen molar-refractivity contribution >= 4 is 63.5 Å². The lowest BCUT2D eigenvalue weighted by molar-refractivity contribution is -0.154. The number of anilines is 1. The number of oxime groups is 1. The summed E-state index contributed by atoms with van der Waals surface area (Å²) in [6.07, 6.45) is 0.229. The maximum absolute atomic E-state index is 14.5. The van der Waals surface area contributed by atoms with Crippen LogP contribution in [-0.2, 0) is 34.2 Å². The number of rotatable bonds is 16. The Bertz CT molecular complexity index is 2490. The molecule has 2 N–H and O–H groups in total. The van der Waals surface area contributed by atoms with Crippen LogP contribution in [-0.4, -0.2) is 76.6 Å². The van der Waals surface area contributed by atoms with E-state index in [1.54, 1.807) is 17.1 Å². The molecule has 3 unspecified atom stereocenters. The van der Waals surface area contributed by atoms with E-state index in [4.69, 9.17) is 19.3 Å². The van der Waals surface area contributed by atoms with E-state index in [1.807, 2.05) is 115 Å². The monoisotopic (exact) mass is 907 g/mol. The molecule has 3 aliphatic heterocycles. The summed E-state index contributed by atoms with van der Waals surface area (Å²) in [5.74, 6) is -0.133. The van der Waals surface area contributed by atoms with E-state index < -0.39 is 40.8 Å². The number of carbonyl (C=O) groups excluding carboxylic acids is 3. The molecule has 324 valence electrons. The lowest BCUT2D eigenvalue weighted by Gasteiger charge is -2.49. The molecule has 0 spiro atoms. The second-order valence-electron chi connectivity index (χ2n) is 15.4. The fourth-order valence-electron chi connectivity index (χ4n) is 8.26. The van der Waals surface area contributed by atoms with E-state index in [0.29, 0.717) is 30.0 Å². The van der Waals surface area contributed by atoms with Crippen molar-refractivity contribution in [2.24, 2.45) is 11.1 Å². The highest BCUT2D eigenvalue weighted by atomic mass is 32.2. The Morgan fingerprint density at radius 3 is 1.95 bits per heavy atom. The Labute approximate surface area is 384 Å². The molecule has 0 saturated carbocycles. The van der Waals surface area contributed by atoms with Crippen LogP contribution in [0.25, 0.3) is 0 Å². The fraction of sp³-hybridized carbons (Fsp3) is 0.220. The summed E-state index contributed by atoms with van der Waals surface area (Å²) in [6, 6.07) is 48.6. The highest BCUT2D eigenvalue weighted by Crippen LogP contribution is 2.46. The van der Waals surface area contributed by atoms with Gasteiger partial charge in [-0.2, -0.15) is 0 Å². The molecule has 0 bridgehead atoms. The number of nitrogens with one attached hydrogen (secondary N) is 2. The highest BCUT2D eigenvalue weighted by Gasteiger charge is 2.55. The van der Waals surface area contributed by atoms with Gasteiger partial charge in [-0.25, -0.2) is 9.78 Å². The number of ether oxygens (including phenoxy) is 2. The van der Waals surface area contributed by atoms with Gasteiger partial charge in [-0.1, -0.05) is 157 Å². The predicted octanol–water partition coefficient (Wildman–Crippen LogP) is 8.61. The zero-order valence-electron chi connectivity index (χ0n) is 34.9. The minimum Gasteiger partial charge on any atom is -0.448 e. The standard InChI is InChI=1S/C50H45N5O6S3/c1-59-54-41(39-31-64-49(51-39)53-50(36-21-11-4-12-22-36,37-23-13-5-14-24-37)38-25-15-6-16-26-38)45(56)52-42-46(57)55-43(40(32-63-47(42)55)62-30-33-27-28-60-29-33)48(58)61-44(34-17-7-2-8-18-34)35-19-9-3-10-20-35/h2-26,31,33,42,44,47H,27-30,32H2,1H3,(H,51,53)(H,52,56)/b54-41-. The number of esters is 1. The van der Waals surface area contributed by atoms with Crippen molar-refractivity contribution in [3.8, 4) is 0 Å². The first kappa shape index (κ1) is 43.1. The maximum atomic E-state index is 14.5. The van der Waals surface area contributed by atoms with Gasteiger partial charge in [0.05, 0.1) is 6.61 Å². The van der Waals surface area contributed by atoms with Crippen molar-refractivity contribution in [3.05, 3.63) is 201 Å². The number of amides is 2. The van der Waals surface area contributed by atoms with Gasteiger partial charge in [0.25, 0.3) is 11.8 Å². The first-order valence-corrected chi connectivity index (χ1v) is 23.9. The lowest BCUT2D eigenvalue weighted by atomic mass is 9.77. The van der Waals surface area contributed by atoms with Crippen LogP contribution in [0.3, 0.4) is 0 Å². The number of hydrogen-bond donors (Lipinski definition) is 2. The van der Waals surface area contributed by atoms with Gasteiger partial charge in [-0.05, 0) is 40.2 Å². The normalized spacial score (nSPS) is 18.6. The van der Waals surface area contributed by atoms with Crippen molar-refractivity contribution in [2.45, 2.75) is 29.5 Å². The molecule has 4 heterocycles. The summed E-state index contributed by atoms with van der Waals surface area (Å²) in [5.41, 5.74) is 4.11. The van der Waals surface area contributed by atoms with Gasteiger partial charge >= 0.3 is 5.97 Å². The Morgan fingerprint density at radius 1 is 0.859 bits per heavy atom. The first-order valence-electron chi connectivity index (χ1n) is 21.0. The molecule has 2 fully saturated rings. The Hall–Kier alpha value is -6.19. The van der Waals surface area contributed by atoms with Gasteiger partial charge in [0.15, 0.2) is 16.9 Å². The molecule has 11 nitrogen and oxygen atoms in total. The third-order valence-electron chi connectivity index (χ3n) is 11.4. The molecule has 14 heteroatoms. The number of hydrogen-bond acceptors (Lipinski definition) is 12. The number of nitrogens with zero attached hydrogens (tertiary/aromatic N) is 3. The zero-order valence-corrected chi connectivity index (χ0v) is 37.3. The molecule has 3 aliphatic rings. The lowest BCUT2D eigenvalue weighted by Crippen LogP contribution is -2.71. The van der Waals surface area contributed by atoms with Crippen molar-refractivity contribution in [3.63, 3.8) is 0 Å². The summed E-state index contributed by atoms with van der Waals surface area (Å²) in [5, 5.41) is 12.5. The summed E-state index contributed by atoms with van der Waals surface area (Å²) in [7, 11) is 1.36. The molecular weight excluding hydrogens is 863 g/mol. The van der Waals surface area contributed by atoms with E-state index in [2.05, 4.69) is 52.2 Å². The van der Waals surface area contributed by atoms with Gasteiger partial charge in [0.2, 0.25) is 0 Å². The average molecular weight is 908 g/mol. The number of thioether (sulfide) groups is 2. The number of thiazole rings is 1. The molecule has 0 radical (unpaired) electrons. The number of benzene rings is 5. The molecule has 2 saturated heterocycles. The van der Waals surface area contributed by atoms with Gasteiger partial charge in [0, 0.05) is 28.4 Å². The number of β-lactam (4-membered cyclic amide) rings is 1. The molecule has 2 amide bonds. The smallest absolute Gasteiger partial charge is 0.356 e. The van der Waals surface area contributed by atoms with Gasteiger partial charge in [-0.3, -0.25) is 14.5 Å². The van der Waals surface area contributed by atoms with E-state index in [9.17, 15) is 14.4 Å². The molecule has 9 rings (SSSR count). The Morgan fingerprint density at radius 2 is 1.42 bits per heavy atom. The van der Waals surface area contributed by atoms with Crippen molar-refractivity contribution < 1.29 is 28.7 Å². The van der Waals surface area contributed by atoms with Crippen molar-refractivity contribution in [1.29, 1.82) is 0 Å². The van der Waals surface area contributed by atoms with E-state index in [1.165, 1.54) is 35.1 Å². The minimum atomic E-state index is -0.950. The molecule has 6 aromatic rings. The molecule has 5 aromatic carbocycles. The number of carbonyl (C=O) groups is 3. The zero-order chi connectivity index (χ0) is 43.9. The number of aromatic nitrogens is 1. The summed E-state index contributed by atoms with van der Waals surface area (Å²) >= 11 is 4.38. The predicted molar refractivity (Wildman–Crippen MR) is 253 cm³/mol. The quantitative estimate of drug-likeness (QED) is 0.0320. The second-order valence-corrected chi connectivity index (χ2v) is 18.5. The summed E-state index contributed by atoms with van der Waals surface area (Å²) < 4.78 is 12.0. The minimum absolute atomic E-state index is 0.0950. The van der Waals surface area contributed by atoms with Crippen LogP contribution in [0.15, 0.2) is 173 Å². The topological polar surface area (TPSA) is 131 Å². The summed E-state index contributed by atoms with van der Waals surface area (Å²) in [6.45, 7) is 1.37. The average Bonchev–Trinajstić information content (AvgIpc) is 4.06. The van der Waals surface area contributed by atoms with Crippen molar-refractivity contribution in [1.82, 2.24) is 15.2 Å². The summed E-state index contributed by atoms with van der Waals surface area (Å²) in [4.78, 5) is 55.4. The van der Waals surface area contributed by atoms with Crippen LogP contribution < -0.4 is 10.6 Å². The molecule has 3 atom stereocenters. The third kappa shape index (κ3) is 8.83. The molecule has 1 aromatic heterocycles. The van der Waals surface area contributed by atoms with Crippen LogP contribution >= 0.6 is 34.9 Å². The third-order valence-corrected chi connectivity index (χ3v) is 15.0. The van der Waals surface area contributed by atoms with Crippen LogP contribution in [0, 0.1) is 5.92 Å². The SMILES string of the molecule is CO/N=C(\C(=O)NC1C(=O)N2C(C(=O)OC(c3ccccc3)c3ccccc3)=C(SCC3CCOC3)CSC12)c1csc(NC(c2ccccc2)(c2ccccc2)c2ccccc2)n1. The van der Waals surface area contributed by atoms with Gasteiger partial charge < -0.3 is 24.9 Å². The largest absolute Gasteiger partial charge is 0.448 e. The Balaban J connectivity index is 0.973. The Kier molecular flexibility index (Phi) is 13.3. The van der Waals surface area contributed by atoms with Gasteiger partial charge in [0.1, 0.15) is 35.5 Å². The second kappa shape index (κ2) is 19.7. The van der Waals surface area contributed by atoms with Crippen LogP contribution in [0.2, 0.25) is 0 Å². The first-order chi connectivity index (χ1) is 31.4. The molecular formula is C50H45N5O6S3. The van der Waals surface area contributed by atoms with E-state index >= 15 is 0 Å². The van der Waals surface area contributed by atoms with Crippen LogP contribution in [0.1, 0.15) is 46.0 Å². The van der Waals surface area contributed by atoms with Crippen LogP contribution in [0.4, 0.5) is 5.13 Å². The fourth-order valence-corrected chi connectivity index (χ4v) is 11.8. The van der Waals surface area contributed by atoms with Gasteiger partial charge in [-0.15, -0.1) is 34.9 Å². The van der Waals surface area contributed by atoms with Crippen LogP contribution in [0.5, 0.6) is 0 Å². The highest BCUT2D eigenvalue weighted by molar-refractivity contribution is 8.06. The molecule has 0 aliphatic carbocycles. The maximum Gasteiger partial charge on any atom is 0.356 e. The van der Waals surface area contributed by atoms with E-state index in [0.717, 1.165) is 44.9 Å². The molecule has 64 heavy (non-hydrogen) atoms. The number of fused-ring (bicyclic) bond motifs is 1. The van der Waals surface area contributed by atoms with E-state index in [-0.39, 0.29) is 17.1 Å². The van der Waals surface area contributed by atoms with Crippen molar-refractivity contribution in [2.75, 3.05) is 37.1 Å².